The van der Waals surface area contributed by atoms with Crippen LogP contribution in [0.3, 0.4) is 0 Å². The molecule has 0 aromatic rings. The van der Waals surface area contributed by atoms with Gasteiger partial charge in [0, 0.05) is 6.42 Å². The molecule has 0 heterocycles. The Balaban J connectivity index is 1.74. The van der Waals surface area contributed by atoms with Gasteiger partial charge in [0.2, 0.25) is 0 Å². The van der Waals surface area contributed by atoms with Gasteiger partial charge in [0.1, 0.15) is 0 Å². The monoisotopic (exact) mass is 268 g/mol. The largest absolute Gasteiger partial charge is 0.466 e. The lowest BCUT2D eigenvalue weighted by molar-refractivity contribution is -0.143. The van der Waals surface area contributed by atoms with Crippen LogP contribution in [0.25, 0.3) is 0 Å². The Labute approximate surface area is 119 Å². The molecule has 1 aliphatic rings. The number of esters is 1. The molecule has 0 bridgehead atoms. The van der Waals surface area contributed by atoms with Crippen LogP contribution in [-0.2, 0) is 9.53 Å². The predicted molar refractivity (Wildman–Crippen MR) is 80.1 cm³/mol. The van der Waals surface area contributed by atoms with Crippen LogP contribution in [0, 0.1) is 5.92 Å². The number of rotatable bonds is 13. The zero-order valence-electron chi connectivity index (χ0n) is 12.8. The molecular weight excluding hydrogens is 236 g/mol. The molecule has 0 spiro atoms. The summed E-state index contributed by atoms with van der Waals surface area (Å²) >= 11 is 0. The molecule has 0 unspecified atom stereocenters. The van der Waals surface area contributed by atoms with Gasteiger partial charge >= 0.3 is 5.97 Å². The van der Waals surface area contributed by atoms with Gasteiger partial charge in [0.05, 0.1) is 6.61 Å². The van der Waals surface area contributed by atoms with Crippen LogP contribution in [-0.4, -0.2) is 12.6 Å². The lowest BCUT2D eigenvalue weighted by atomic mass is 10.1. The Morgan fingerprint density at radius 3 is 2.37 bits per heavy atom. The number of carbonyl (C=O) groups is 1. The fraction of sp³-hybridized carbons (Fsp3) is 0.941. The van der Waals surface area contributed by atoms with Crippen molar-refractivity contribution >= 4 is 5.97 Å². The second-order valence-electron chi connectivity index (χ2n) is 6.03. The number of carbonyl (C=O) groups excluding carboxylic acids is 1. The van der Waals surface area contributed by atoms with E-state index in [2.05, 4.69) is 6.92 Å². The summed E-state index contributed by atoms with van der Waals surface area (Å²) < 4.78 is 5.25. The Morgan fingerprint density at radius 1 is 0.947 bits per heavy atom. The molecule has 0 N–H and O–H groups in total. The molecule has 2 heteroatoms. The summed E-state index contributed by atoms with van der Waals surface area (Å²) in [5.41, 5.74) is 0. The van der Waals surface area contributed by atoms with Crippen molar-refractivity contribution in [1.29, 1.82) is 0 Å². The summed E-state index contributed by atoms with van der Waals surface area (Å²) in [6.07, 6.45) is 15.9. The highest BCUT2D eigenvalue weighted by molar-refractivity contribution is 5.69. The molecule has 19 heavy (non-hydrogen) atoms. The quantitative estimate of drug-likeness (QED) is 0.337. The van der Waals surface area contributed by atoms with Gasteiger partial charge in [0.15, 0.2) is 0 Å². The third-order valence-corrected chi connectivity index (χ3v) is 3.95. The first-order valence-corrected chi connectivity index (χ1v) is 8.48. The van der Waals surface area contributed by atoms with E-state index in [0.29, 0.717) is 13.0 Å². The average molecular weight is 268 g/mol. The van der Waals surface area contributed by atoms with Crippen molar-refractivity contribution in [3.8, 4) is 0 Å². The number of hydrogen-bond acceptors (Lipinski definition) is 2. The third-order valence-electron chi connectivity index (χ3n) is 3.95. The van der Waals surface area contributed by atoms with Gasteiger partial charge in [-0.25, -0.2) is 0 Å². The number of ether oxygens (including phenoxy) is 1. The fourth-order valence-corrected chi connectivity index (χ4v) is 2.43. The zero-order valence-corrected chi connectivity index (χ0v) is 12.8. The van der Waals surface area contributed by atoms with Crippen molar-refractivity contribution in [2.45, 2.75) is 90.4 Å². The van der Waals surface area contributed by atoms with E-state index >= 15 is 0 Å². The Hall–Kier alpha value is -0.530. The van der Waals surface area contributed by atoms with Gasteiger partial charge in [-0.3, -0.25) is 4.79 Å². The maximum Gasteiger partial charge on any atom is 0.305 e. The maximum atomic E-state index is 11.5. The lowest BCUT2D eigenvalue weighted by Gasteiger charge is -2.05. The van der Waals surface area contributed by atoms with Crippen molar-refractivity contribution in [2.24, 2.45) is 5.92 Å². The average Bonchev–Trinajstić information content (AvgIpc) is 3.22. The Bertz CT molecular complexity index is 221. The summed E-state index contributed by atoms with van der Waals surface area (Å²) in [6.45, 7) is 2.86. The molecule has 0 amide bonds. The van der Waals surface area contributed by atoms with Gasteiger partial charge in [-0.15, -0.1) is 0 Å². The highest BCUT2D eigenvalue weighted by Crippen LogP contribution is 2.33. The first-order chi connectivity index (χ1) is 9.33. The standard InChI is InChI=1S/C17H32O2/c1-2-3-4-5-6-9-12-17(18)19-15-10-7-8-11-16-13-14-16/h16H,2-15H2,1H3. The normalized spacial score (nSPS) is 14.6. The van der Waals surface area contributed by atoms with Gasteiger partial charge in [0.25, 0.3) is 0 Å². The topological polar surface area (TPSA) is 26.3 Å². The minimum Gasteiger partial charge on any atom is -0.466 e. The van der Waals surface area contributed by atoms with Crippen molar-refractivity contribution in [3.05, 3.63) is 0 Å². The third kappa shape index (κ3) is 11.0. The minimum absolute atomic E-state index is 0.0117. The SMILES string of the molecule is CCCCCCCCC(=O)OCCCCCC1CC1. The Kier molecular flexibility index (Phi) is 9.84. The molecular formula is C17H32O2. The molecule has 0 aliphatic heterocycles. The molecule has 1 saturated carbocycles. The summed E-state index contributed by atoms with van der Waals surface area (Å²) in [6, 6.07) is 0. The second-order valence-corrected chi connectivity index (χ2v) is 6.03. The van der Waals surface area contributed by atoms with E-state index in [1.165, 1.54) is 64.2 Å². The molecule has 1 fully saturated rings. The Morgan fingerprint density at radius 2 is 1.63 bits per heavy atom. The van der Waals surface area contributed by atoms with E-state index in [1.807, 2.05) is 0 Å². The van der Waals surface area contributed by atoms with Crippen molar-refractivity contribution in [1.82, 2.24) is 0 Å². The summed E-state index contributed by atoms with van der Waals surface area (Å²) in [4.78, 5) is 11.5. The first kappa shape index (κ1) is 16.5. The predicted octanol–water partition coefficient (Wildman–Crippen LogP) is 5.25. The molecule has 0 atom stereocenters. The molecule has 0 aromatic heterocycles. The molecule has 0 saturated heterocycles. The smallest absolute Gasteiger partial charge is 0.305 e. The lowest BCUT2D eigenvalue weighted by Crippen LogP contribution is -2.05. The highest BCUT2D eigenvalue weighted by atomic mass is 16.5. The summed E-state index contributed by atoms with van der Waals surface area (Å²) in [5, 5.41) is 0. The molecule has 112 valence electrons. The van der Waals surface area contributed by atoms with E-state index in [-0.39, 0.29) is 5.97 Å². The van der Waals surface area contributed by atoms with Gasteiger partial charge < -0.3 is 4.74 Å². The van der Waals surface area contributed by atoms with Crippen LogP contribution < -0.4 is 0 Å². The summed E-state index contributed by atoms with van der Waals surface area (Å²) in [7, 11) is 0. The fourth-order valence-electron chi connectivity index (χ4n) is 2.43. The van der Waals surface area contributed by atoms with E-state index in [9.17, 15) is 4.79 Å². The molecule has 1 aliphatic carbocycles. The number of hydrogen-bond donors (Lipinski definition) is 0. The number of unbranched alkanes of at least 4 members (excludes halogenated alkanes) is 7. The van der Waals surface area contributed by atoms with E-state index in [4.69, 9.17) is 4.74 Å². The van der Waals surface area contributed by atoms with Gasteiger partial charge in [-0.1, -0.05) is 71.1 Å². The summed E-state index contributed by atoms with van der Waals surface area (Å²) in [5.74, 6) is 1.05. The van der Waals surface area contributed by atoms with Gasteiger partial charge in [-0.2, -0.15) is 0 Å². The molecule has 0 radical (unpaired) electrons. The van der Waals surface area contributed by atoms with Crippen LogP contribution in [0.15, 0.2) is 0 Å². The maximum absolute atomic E-state index is 11.5. The van der Waals surface area contributed by atoms with Crippen molar-refractivity contribution < 1.29 is 9.53 Å². The van der Waals surface area contributed by atoms with Gasteiger partial charge in [-0.05, 0) is 18.8 Å². The zero-order chi connectivity index (χ0) is 13.8. The molecule has 1 rings (SSSR count). The van der Waals surface area contributed by atoms with E-state index in [0.717, 1.165) is 18.8 Å². The van der Waals surface area contributed by atoms with Crippen LogP contribution in [0.2, 0.25) is 0 Å². The molecule has 0 aromatic carbocycles. The van der Waals surface area contributed by atoms with Crippen LogP contribution in [0.5, 0.6) is 0 Å². The van der Waals surface area contributed by atoms with E-state index < -0.39 is 0 Å². The van der Waals surface area contributed by atoms with Crippen molar-refractivity contribution in [2.75, 3.05) is 6.61 Å². The van der Waals surface area contributed by atoms with Crippen LogP contribution in [0.4, 0.5) is 0 Å². The van der Waals surface area contributed by atoms with Crippen molar-refractivity contribution in [3.63, 3.8) is 0 Å². The van der Waals surface area contributed by atoms with Crippen LogP contribution in [0.1, 0.15) is 90.4 Å². The molecule has 2 nitrogen and oxygen atoms in total. The van der Waals surface area contributed by atoms with E-state index in [1.54, 1.807) is 0 Å². The highest BCUT2D eigenvalue weighted by Gasteiger charge is 2.19. The second kappa shape index (κ2) is 11.3. The minimum atomic E-state index is 0.0117. The first-order valence-electron chi connectivity index (χ1n) is 8.48. The van der Waals surface area contributed by atoms with Crippen LogP contribution >= 0.6 is 0 Å².